The van der Waals surface area contributed by atoms with Crippen LogP contribution in [-0.2, 0) is 4.74 Å². The van der Waals surface area contributed by atoms with E-state index in [9.17, 15) is 5.11 Å². The lowest BCUT2D eigenvalue weighted by atomic mass is 10.00. The number of aliphatic hydroxyl groups excluding tert-OH is 1. The Hall–Kier alpha value is -0.940. The molecule has 0 saturated carbocycles. The minimum Gasteiger partial charge on any atom is -0.387 e. The van der Waals surface area contributed by atoms with Crippen LogP contribution in [0.5, 0.6) is 0 Å². The first-order valence-corrected chi connectivity index (χ1v) is 7.98. The molecule has 0 aromatic heterocycles. The van der Waals surface area contributed by atoms with Crippen molar-refractivity contribution in [2.75, 3.05) is 39.9 Å². The maximum absolute atomic E-state index is 10.4. The molecular formula is C17H28N2O2. The fraction of sp³-hybridized carbons (Fsp3) is 0.647. The Morgan fingerprint density at radius 2 is 2.14 bits per heavy atom. The fourth-order valence-electron chi connectivity index (χ4n) is 2.98. The van der Waals surface area contributed by atoms with E-state index in [0.717, 1.165) is 38.3 Å². The Balaban J connectivity index is 1.83. The SMILES string of the molecule is COCCNCC1CCCCN1CC(O)c1ccccc1. The average Bonchev–Trinajstić information content (AvgIpc) is 2.54. The van der Waals surface area contributed by atoms with Crippen molar-refractivity contribution in [2.45, 2.75) is 31.4 Å². The number of aliphatic hydroxyl groups is 1. The number of nitrogens with zero attached hydrogens (tertiary/aromatic N) is 1. The van der Waals surface area contributed by atoms with Crippen molar-refractivity contribution in [2.24, 2.45) is 0 Å². The molecule has 2 atom stereocenters. The van der Waals surface area contributed by atoms with E-state index in [4.69, 9.17) is 4.74 Å². The summed E-state index contributed by atoms with van der Waals surface area (Å²) in [5, 5.41) is 13.9. The lowest BCUT2D eigenvalue weighted by Crippen LogP contribution is -2.47. The van der Waals surface area contributed by atoms with E-state index >= 15 is 0 Å². The van der Waals surface area contributed by atoms with Gasteiger partial charge in [0.25, 0.3) is 0 Å². The highest BCUT2D eigenvalue weighted by molar-refractivity contribution is 5.17. The molecule has 0 amide bonds. The van der Waals surface area contributed by atoms with Gasteiger partial charge in [-0.15, -0.1) is 0 Å². The van der Waals surface area contributed by atoms with Crippen LogP contribution in [0.2, 0.25) is 0 Å². The second-order valence-electron chi connectivity index (χ2n) is 5.77. The molecule has 0 aliphatic carbocycles. The monoisotopic (exact) mass is 292 g/mol. The Bertz CT molecular complexity index is 386. The van der Waals surface area contributed by atoms with Crippen LogP contribution in [-0.4, -0.2) is 55.9 Å². The maximum Gasteiger partial charge on any atom is 0.0917 e. The molecule has 2 rings (SSSR count). The highest BCUT2D eigenvalue weighted by atomic mass is 16.5. The number of nitrogens with one attached hydrogen (secondary N) is 1. The molecule has 1 aromatic rings. The van der Waals surface area contributed by atoms with Crippen LogP contribution in [0.25, 0.3) is 0 Å². The van der Waals surface area contributed by atoms with Crippen LogP contribution >= 0.6 is 0 Å². The Kier molecular flexibility index (Phi) is 7.16. The molecule has 118 valence electrons. The number of rotatable bonds is 8. The van der Waals surface area contributed by atoms with Crippen molar-refractivity contribution < 1.29 is 9.84 Å². The third-order valence-electron chi connectivity index (χ3n) is 4.20. The van der Waals surface area contributed by atoms with Crippen molar-refractivity contribution in [3.05, 3.63) is 35.9 Å². The molecule has 2 N–H and O–H groups in total. The fourth-order valence-corrected chi connectivity index (χ4v) is 2.98. The molecule has 0 bridgehead atoms. The van der Waals surface area contributed by atoms with E-state index in [1.807, 2.05) is 30.3 Å². The molecule has 1 aliphatic rings. The zero-order chi connectivity index (χ0) is 14.9. The van der Waals surface area contributed by atoms with Crippen molar-refractivity contribution in [1.29, 1.82) is 0 Å². The third kappa shape index (κ3) is 5.40. The zero-order valence-corrected chi connectivity index (χ0v) is 13.0. The molecule has 21 heavy (non-hydrogen) atoms. The average molecular weight is 292 g/mol. The summed E-state index contributed by atoms with van der Waals surface area (Å²) < 4.78 is 5.06. The summed E-state index contributed by atoms with van der Waals surface area (Å²) in [5.41, 5.74) is 1.01. The quantitative estimate of drug-likeness (QED) is 0.717. The number of piperidine rings is 1. The molecule has 1 fully saturated rings. The van der Waals surface area contributed by atoms with Gasteiger partial charge >= 0.3 is 0 Å². The van der Waals surface area contributed by atoms with E-state index in [1.54, 1.807) is 7.11 Å². The van der Waals surface area contributed by atoms with Crippen LogP contribution in [0.15, 0.2) is 30.3 Å². The van der Waals surface area contributed by atoms with Gasteiger partial charge in [0.1, 0.15) is 0 Å². The predicted molar refractivity (Wildman–Crippen MR) is 85.4 cm³/mol. The van der Waals surface area contributed by atoms with Crippen molar-refractivity contribution in [1.82, 2.24) is 10.2 Å². The summed E-state index contributed by atoms with van der Waals surface area (Å²) >= 11 is 0. The zero-order valence-electron chi connectivity index (χ0n) is 13.0. The molecule has 1 aromatic carbocycles. The largest absolute Gasteiger partial charge is 0.387 e. The Morgan fingerprint density at radius 3 is 2.90 bits per heavy atom. The van der Waals surface area contributed by atoms with Gasteiger partial charge in [0.05, 0.1) is 12.7 Å². The van der Waals surface area contributed by atoms with E-state index in [-0.39, 0.29) is 0 Å². The van der Waals surface area contributed by atoms with Crippen molar-refractivity contribution in [3.63, 3.8) is 0 Å². The lowest BCUT2D eigenvalue weighted by molar-refractivity contribution is 0.0660. The van der Waals surface area contributed by atoms with Gasteiger partial charge in [-0.1, -0.05) is 36.8 Å². The van der Waals surface area contributed by atoms with E-state index in [2.05, 4.69) is 10.2 Å². The van der Waals surface area contributed by atoms with Crippen LogP contribution in [0.4, 0.5) is 0 Å². The van der Waals surface area contributed by atoms with Gasteiger partial charge in [-0.05, 0) is 24.9 Å². The first-order chi connectivity index (χ1) is 10.3. The summed E-state index contributed by atoms with van der Waals surface area (Å²) in [5.74, 6) is 0. The number of ether oxygens (including phenoxy) is 1. The van der Waals surface area contributed by atoms with Crippen LogP contribution in [0.1, 0.15) is 30.9 Å². The molecule has 0 radical (unpaired) electrons. The van der Waals surface area contributed by atoms with Gasteiger partial charge in [0.2, 0.25) is 0 Å². The summed E-state index contributed by atoms with van der Waals surface area (Å²) in [7, 11) is 1.73. The number of hydrogen-bond donors (Lipinski definition) is 2. The van der Waals surface area contributed by atoms with Crippen molar-refractivity contribution in [3.8, 4) is 0 Å². The van der Waals surface area contributed by atoms with E-state index in [1.165, 1.54) is 19.3 Å². The number of likely N-dealkylation sites (tertiary alicyclic amines) is 1. The van der Waals surface area contributed by atoms with Gasteiger partial charge in [-0.25, -0.2) is 0 Å². The number of methoxy groups -OCH3 is 1. The lowest BCUT2D eigenvalue weighted by Gasteiger charge is -2.37. The van der Waals surface area contributed by atoms with Crippen LogP contribution in [0, 0.1) is 0 Å². The summed E-state index contributed by atoms with van der Waals surface area (Å²) in [6, 6.07) is 10.5. The predicted octanol–water partition coefficient (Wildman–Crippen LogP) is 1.81. The number of hydrogen-bond acceptors (Lipinski definition) is 4. The maximum atomic E-state index is 10.4. The van der Waals surface area contributed by atoms with Gasteiger partial charge in [0, 0.05) is 32.8 Å². The molecule has 1 saturated heterocycles. The second-order valence-corrected chi connectivity index (χ2v) is 5.77. The van der Waals surface area contributed by atoms with Crippen molar-refractivity contribution >= 4 is 0 Å². The van der Waals surface area contributed by atoms with Gasteiger partial charge in [0.15, 0.2) is 0 Å². The molecular weight excluding hydrogens is 264 g/mol. The molecule has 0 spiro atoms. The minimum atomic E-state index is -0.397. The smallest absolute Gasteiger partial charge is 0.0917 e. The molecule has 4 heteroatoms. The van der Waals surface area contributed by atoms with Crippen LogP contribution < -0.4 is 5.32 Å². The molecule has 2 unspecified atom stereocenters. The topological polar surface area (TPSA) is 44.7 Å². The second kappa shape index (κ2) is 9.15. The number of β-amino-alcohol motifs (C(OH)–C–C–N with tert-alkyl or cyclic N) is 1. The van der Waals surface area contributed by atoms with E-state index < -0.39 is 6.10 Å². The Morgan fingerprint density at radius 1 is 1.33 bits per heavy atom. The van der Waals surface area contributed by atoms with E-state index in [0.29, 0.717) is 6.04 Å². The summed E-state index contributed by atoms with van der Waals surface area (Å²) in [4.78, 5) is 2.43. The highest BCUT2D eigenvalue weighted by Crippen LogP contribution is 2.21. The molecule has 1 aliphatic heterocycles. The normalized spacial score (nSPS) is 21.3. The first-order valence-electron chi connectivity index (χ1n) is 7.98. The number of benzene rings is 1. The van der Waals surface area contributed by atoms with Gasteiger partial charge < -0.3 is 15.2 Å². The van der Waals surface area contributed by atoms with Gasteiger partial charge in [-0.3, -0.25) is 4.90 Å². The highest BCUT2D eigenvalue weighted by Gasteiger charge is 2.24. The minimum absolute atomic E-state index is 0.397. The summed E-state index contributed by atoms with van der Waals surface area (Å²) in [6.07, 6.45) is 3.33. The Labute approximate surface area is 128 Å². The van der Waals surface area contributed by atoms with Gasteiger partial charge in [-0.2, -0.15) is 0 Å². The molecule has 4 nitrogen and oxygen atoms in total. The molecule has 1 heterocycles. The first kappa shape index (κ1) is 16.4. The van der Waals surface area contributed by atoms with Crippen LogP contribution in [0.3, 0.4) is 0 Å². The third-order valence-corrected chi connectivity index (χ3v) is 4.20. The summed E-state index contributed by atoms with van der Waals surface area (Å²) in [6.45, 7) is 4.42. The standard InChI is InChI=1S/C17H28N2O2/c1-21-12-10-18-13-16-9-5-6-11-19(16)14-17(20)15-7-3-2-4-8-15/h2-4,7-8,16-18,20H,5-6,9-14H2,1H3.